The fourth-order valence-corrected chi connectivity index (χ4v) is 7.89. The summed E-state index contributed by atoms with van der Waals surface area (Å²) < 4.78 is 11.3. The molecule has 0 amide bonds. The third-order valence-corrected chi connectivity index (χ3v) is 8.91. The second-order valence-electron chi connectivity index (χ2n) is 10.2. The third-order valence-electron chi connectivity index (χ3n) is 8.91. The molecule has 0 saturated heterocycles. The fourth-order valence-electron chi connectivity index (χ4n) is 7.89. The van der Waals surface area contributed by atoms with E-state index in [4.69, 9.17) is 9.47 Å². The van der Waals surface area contributed by atoms with Gasteiger partial charge in [0.15, 0.2) is 0 Å². The first-order chi connectivity index (χ1) is 13.0. The van der Waals surface area contributed by atoms with Crippen LogP contribution in [0.3, 0.4) is 0 Å². The predicted molar refractivity (Wildman–Crippen MR) is 111 cm³/mol. The Morgan fingerprint density at radius 2 is 1.70 bits per heavy atom. The van der Waals surface area contributed by atoms with Gasteiger partial charge in [0.05, 0.1) is 25.4 Å². The monoisotopic (exact) mass is 380 g/mol. The molecule has 8 unspecified atom stereocenters. The number of rotatable bonds is 4. The Hall–Kier alpha value is -0.120. The van der Waals surface area contributed by atoms with Crippen molar-refractivity contribution < 1.29 is 14.6 Å². The molecule has 3 nitrogen and oxygen atoms in total. The molecular formula is C24H44O3. The van der Waals surface area contributed by atoms with E-state index in [1.54, 1.807) is 7.11 Å². The van der Waals surface area contributed by atoms with E-state index in [1.165, 1.54) is 44.9 Å². The maximum Gasteiger partial charge on any atom is 0.0704 e. The van der Waals surface area contributed by atoms with Crippen molar-refractivity contribution in [2.75, 3.05) is 20.3 Å². The van der Waals surface area contributed by atoms with E-state index in [0.717, 1.165) is 30.6 Å². The summed E-state index contributed by atoms with van der Waals surface area (Å²) in [5.74, 6) is 2.89. The molecule has 0 spiro atoms. The second kappa shape index (κ2) is 8.71. The molecule has 0 aromatic rings. The topological polar surface area (TPSA) is 38.7 Å². The van der Waals surface area contributed by atoms with E-state index in [0.29, 0.717) is 30.7 Å². The molecule has 4 saturated carbocycles. The van der Waals surface area contributed by atoms with Crippen molar-refractivity contribution in [2.24, 2.45) is 34.5 Å². The predicted octanol–water partition coefficient (Wildman–Crippen LogP) is 5.45. The molecular weight excluding hydrogens is 336 g/mol. The lowest BCUT2D eigenvalue weighted by Crippen LogP contribution is -2.58. The standard InChI is InChI=1S/C22H38O3.C2H6/c1-21-10-4-5-18(21)17-9-7-15-6-8-16(25-12-11-24-3)13-22(15,2)20(17)19(23)14-21;1-2/h15-20,23H,4-14H2,1-3H3;1-2H3. The van der Waals surface area contributed by atoms with Gasteiger partial charge in [-0.3, -0.25) is 0 Å². The molecule has 27 heavy (non-hydrogen) atoms. The van der Waals surface area contributed by atoms with Crippen LogP contribution in [-0.4, -0.2) is 37.6 Å². The zero-order valence-electron chi connectivity index (χ0n) is 18.5. The zero-order valence-corrected chi connectivity index (χ0v) is 18.5. The number of aliphatic hydroxyl groups is 1. The van der Waals surface area contributed by atoms with Gasteiger partial charge in [-0.1, -0.05) is 34.1 Å². The molecule has 0 aliphatic heterocycles. The minimum atomic E-state index is -0.102. The van der Waals surface area contributed by atoms with E-state index in [9.17, 15) is 5.11 Å². The highest BCUT2D eigenvalue weighted by atomic mass is 16.5. The third kappa shape index (κ3) is 3.85. The molecule has 4 aliphatic carbocycles. The molecule has 4 rings (SSSR count). The SMILES string of the molecule is CC.COCCOC1CCC2CCC3C4CCCC4(C)CC(O)C3C2(C)C1. The summed E-state index contributed by atoms with van der Waals surface area (Å²) in [4.78, 5) is 0. The highest BCUT2D eigenvalue weighted by molar-refractivity contribution is 5.10. The zero-order chi connectivity index (χ0) is 19.7. The number of ether oxygens (including phenoxy) is 2. The molecule has 0 bridgehead atoms. The average Bonchev–Trinajstić information content (AvgIpc) is 3.03. The second-order valence-corrected chi connectivity index (χ2v) is 10.2. The minimum Gasteiger partial charge on any atom is -0.393 e. The first kappa shape index (κ1) is 21.6. The molecule has 0 aromatic heterocycles. The summed E-state index contributed by atoms with van der Waals surface area (Å²) in [5, 5.41) is 11.3. The van der Waals surface area contributed by atoms with Gasteiger partial charge in [-0.2, -0.15) is 0 Å². The van der Waals surface area contributed by atoms with Gasteiger partial charge < -0.3 is 14.6 Å². The highest BCUT2D eigenvalue weighted by Crippen LogP contribution is 2.66. The summed E-state index contributed by atoms with van der Waals surface area (Å²) in [5.41, 5.74) is 0.676. The molecule has 0 radical (unpaired) electrons. The molecule has 0 heterocycles. The average molecular weight is 381 g/mol. The lowest BCUT2D eigenvalue weighted by Gasteiger charge is -2.62. The van der Waals surface area contributed by atoms with E-state index >= 15 is 0 Å². The molecule has 158 valence electrons. The van der Waals surface area contributed by atoms with Crippen LogP contribution in [0.5, 0.6) is 0 Å². The van der Waals surface area contributed by atoms with Gasteiger partial charge in [0.2, 0.25) is 0 Å². The number of hydrogen-bond acceptors (Lipinski definition) is 3. The number of aliphatic hydroxyl groups excluding tert-OH is 1. The van der Waals surface area contributed by atoms with Gasteiger partial charge in [-0.25, -0.2) is 0 Å². The maximum atomic E-state index is 11.3. The van der Waals surface area contributed by atoms with Crippen LogP contribution in [0.15, 0.2) is 0 Å². The van der Waals surface area contributed by atoms with E-state index in [2.05, 4.69) is 13.8 Å². The van der Waals surface area contributed by atoms with Crippen molar-refractivity contribution in [1.29, 1.82) is 0 Å². The summed E-state index contributed by atoms with van der Waals surface area (Å²) in [6.45, 7) is 10.4. The van der Waals surface area contributed by atoms with Crippen LogP contribution in [0, 0.1) is 34.5 Å². The Kier molecular flexibility index (Phi) is 6.97. The minimum absolute atomic E-state index is 0.102. The van der Waals surface area contributed by atoms with E-state index in [1.807, 2.05) is 13.8 Å². The van der Waals surface area contributed by atoms with Gasteiger partial charge in [0.1, 0.15) is 0 Å². The number of hydrogen-bond donors (Lipinski definition) is 1. The summed E-state index contributed by atoms with van der Waals surface area (Å²) >= 11 is 0. The largest absolute Gasteiger partial charge is 0.393 e. The Morgan fingerprint density at radius 3 is 2.44 bits per heavy atom. The van der Waals surface area contributed by atoms with E-state index in [-0.39, 0.29) is 11.5 Å². The quantitative estimate of drug-likeness (QED) is 0.659. The summed E-state index contributed by atoms with van der Waals surface area (Å²) in [7, 11) is 1.74. The van der Waals surface area contributed by atoms with Crippen molar-refractivity contribution in [1.82, 2.24) is 0 Å². The molecule has 4 fully saturated rings. The first-order valence-corrected chi connectivity index (χ1v) is 11.8. The molecule has 4 aliphatic rings. The van der Waals surface area contributed by atoms with Gasteiger partial charge in [-0.15, -0.1) is 0 Å². The van der Waals surface area contributed by atoms with Gasteiger partial charge in [0.25, 0.3) is 0 Å². The maximum absolute atomic E-state index is 11.3. The van der Waals surface area contributed by atoms with Crippen molar-refractivity contribution in [3.05, 3.63) is 0 Å². The molecule has 0 aromatic carbocycles. The summed E-state index contributed by atoms with van der Waals surface area (Å²) in [6, 6.07) is 0. The van der Waals surface area contributed by atoms with Crippen LogP contribution in [0.2, 0.25) is 0 Å². The lowest BCUT2D eigenvalue weighted by molar-refractivity contribution is -0.180. The van der Waals surface area contributed by atoms with Crippen LogP contribution >= 0.6 is 0 Å². The van der Waals surface area contributed by atoms with Crippen molar-refractivity contribution in [3.8, 4) is 0 Å². The Balaban J connectivity index is 0.00000102. The van der Waals surface area contributed by atoms with Crippen LogP contribution in [-0.2, 0) is 9.47 Å². The van der Waals surface area contributed by atoms with Crippen LogP contribution in [0.25, 0.3) is 0 Å². The first-order valence-electron chi connectivity index (χ1n) is 11.8. The highest BCUT2D eigenvalue weighted by Gasteiger charge is 2.61. The van der Waals surface area contributed by atoms with Crippen molar-refractivity contribution in [3.63, 3.8) is 0 Å². The Bertz CT molecular complexity index is 478. The van der Waals surface area contributed by atoms with Crippen molar-refractivity contribution >= 4 is 0 Å². The molecule has 1 N–H and O–H groups in total. The number of fused-ring (bicyclic) bond motifs is 5. The van der Waals surface area contributed by atoms with E-state index < -0.39 is 0 Å². The fraction of sp³-hybridized carbons (Fsp3) is 1.00. The molecule has 3 heteroatoms. The van der Waals surface area contributed by atoms with Crippen LogP contribution in [0.1, 0.15) is 85.5 Å². The Labute approximate surface area is 167 Å². The number of methoxy groups -OCH3 is 1. The van der Waals surface area contributed by atoms with Gasteiger partial charge in [-0.05, 0) is 85.9 Å². The van der Waals surface area contributed by atoms with Gasteiger partial charge in [0, 0.05) is 7.11 Å². The smallest absolute Gasteiger partial charge is 0.0704 e. The normalized spacial score (nSPS) is 48.7. The Morgan fingerprint density at radius 1 is 0.963 bits per heavy atom. The van der Waals surface area contributed by atoms with Gasteiger partial charge >= 0.3 is 0 Å². The molecule has 8 atom stereocenters. The summed E-state index contributed by atoms with van der Waals surface area (Å²) in [6.07, 6.45) is 11.8. The van der Waals surface area contributed by atoms with Crippen molar-refractivity contribution in [2.45, 2.75) is 97.7 Å². The lowest BCUT2D eigenvalue weighted by atomic mass is 9.44. The van der Waals surface area contributed by atoms with Crippen LogP contribution < -0.4 is 0 Å². The van der Waals surface area contributed by atoms with Crippen LogP contribution in [0.4, 0.5) is 0 Å².